The van der Waals surface area contributed by atoms with Gasteiger partial charge in [0.2, 0.25) is 0 Å². The molecule has 3 aromatic carbocycles. The highest BCUT2D eigenvalue weighted by Crippen LogP contribution is 2.31. The van der Waals surface area contributed by atoms with E-state index in [0.717, 1.165) is 24.0 Å². The third-order valence-corrected chi connectivity index (χ3v) is 6.29. The molecule has 0 bridgehead atoms. The summed E-state index contributed by atoms with van der Waals surface area (Å²) in [6.07, 6.45) is 1.68. The second-order valence-electron chi connectivity index (χ2n) is 9.35. The van der Waals surface area contributed by atoms with Crippen molar-refractivity contribution < 1.29 is 28.6 Å². The number of fused-ring (bicyclic) bond motifs is 1. The van der Waals surface area contributed by atoms with Crippen LogP contribution in [-0.2, 0) is 9.53 Å². The maximum atomic E-state index is 12.9. The first-order chi connectivity index (χ1) is 17.9. The third kappa shape index (κ3) is 5.65. The van der Waals surface area contributed by atoms with Gasteiger partial charge < -0.3 is 19.5 Å². The van der Waals surface area contributed by atoms with Gasteiger partial charge in [-0.15, -0.1) is 0 Å². The zero-order chi connectivity index (χ0) is 25.9. The molecule has 2 aliphatic rings. The van der Waals surface area contributed by atoms with Gasteiger partial charge in [0, 0.05) is 12.3 Å². The molecule has 3 amide bonds. The quantitative estimate of drug-likeness (QED) is 0.443. The van der Waals surface area contributed by atoms with Crippen molar-refractivity contribution in [1.82, 2.24) is 4.90 Å². The minimum atomic E-state index is -0.331. The Labute approximate surface area is 215 Å². The predicted octanol–water partition coefficient (Wildman–Crippen LogP) is 4.89. The Balaban J connectivity index is 1.17. The van der Waals surface area contributed by atoms with Crippen LogP contribution in [0.1, 0.15) is 44.7 Å². The summed E-state index contributed by atoms with van der Waals surface area (Å²) in [5, 5.41) is 2.79. The van der Waals surface area contributed by atoms with E-state index in [1.807, 2.05) is 32.0 Å². The highest BCUT2D eigenvalue weighted by atomic mass is 16.5. The van der Waals surface area contributed by atoms with Crippen molar-refractivity contribution in [3.8, 4) is 17.2 Å². The van der Waals surface area contributed by atoms with E-state index in [1.165, 1.54) is 4.90 Å². The van der Waals surface area contributed by atoms with Gasteiger partial charge in [-0.3, -0.25) is 19.3 Å². The van der Waals surface area contributed by atoms with E-state index in [9.17, 15) is 14.4 Å². The third-order valence-electron chi connectivity index (χ3n) is 6.29. The number of rotatable bonds is 8. The van der Waals surface area contributed by atoms with Crippen LogP contribution in [0.3, 0.4) is 0 Å². The Kier molecular flexibility index (Phi) is 6.92. The molecule has 2 aliphatic heterocycles. The maximum Gasteiger partial charge on any atom is 0.262 e. The molecule has 2 heterocycles. The van der Waals surface area contributed by atoms with Crippen LogP contribution in [0.25, 0.3) is 0 Å². The van der Waals surface area contributed by atoms with Crippen LogP contribution in [0.2, 0.25) is 0 Å². The number of hydrogen-bond acceptors (Lipinski definition) is 6. The molecule has 0 radical (unpaired) electrons. The number of nitrogens with one attached hydrogen (secondary N) is 1. The Bertz CT molecular complexity index is 1320. The van der Waals surface area contributed by atoms with Gasteiger partial charge in [0.1, 0.15) is 17.2 Å². The Hall–Kier alpha value is -4.17. The fraction of sp³-hybridized carbons (Fsp3) is 0.276. The van der Waals surface area contributed by atoms with Crippen molar-refractivity contribution >= 4 is 23.4 Å². The molecule has 0 aliphatic carbocycles. The van der Waals surface area contributed by atoms with E-state index in [0.29, 0.717) is 40.7 Å². The maximum absolute atomic E-state index is 12.9. The van der Waals surface area contributed by atoms with Gasteiger partial charge in [-0.2, -0.15) is 0 Å². The van der Waals surface area contributed by atoms with E-state index >= 15 is 0 Å². The number of carbonyl (C=O) groups excluding carboxylic acids is 3. The molecule has 8 heteroatoms. The standard InChI is InChI=1S/C29H28N2O6/c1-18-12-19(2)14-24(13-18)36-17-27(32)30-20-5-7-21(8-6-20)37-22-9-10-25-26(15-22)29(34)31(28(25)33)16-23-4-3-11-35-23/h5-10,12-15,23H,3-4,11,16-17H2,1-2H3,(H,30,32). The van der Waals surface area contributed by atoms with Crippen molar-refractivity contribution in [2.24, 2.45) is 0 Å². The summed E-state index contributed by atoms with van der Waals surface area (Å²) in [5.41, 5.74) is 3.44. The number of imide groups is 1. The van der Waals surface area contributed by atoms with E-state index in [2.05, 4.69) is 5.32 Å². The zero-order valence-corrected chi connectivity index (χ0v) is 20.8. The lowest BCUT2D eigenvalue weighted by molar-refractivity contribution is -0.118. The van der Waals surface area contributed by atoms with Crippen LogP contribution in [-0.4, -0.2) is 48.5 Å². The lowest BCUT2D eigenvalue weighted by Crippen LogP contribution is -2.36. The van der Waals surface area contributed by atoms with Crippen LogP contribution >= 0.6 is 0 Å². The summed E-state index contributed by atoms with van der Waals surface area (Å²) in [4.78, 5) is 39.1. The summed E-state index contributed by atoms with van der Waals surface area (Å²) in [7, 11) is 0. The van der Waals surface area contributed by atoms with Crippen LogP contribution < -0.4 is 14.8 Å². The SMILES string of the molecule is Cc1cc(C)cc(OCC(=O)Nc2ccc(Oc3ccc4c(c3)C(=O)N(CC3CCCO3)C4=O)cc2)c1. The van der Waals surface area contributed by atoms with Crippen LogP contribution in [0.15, 0.2) is 60.7 Å². The molecule has 5 rings (SSSR count). The molecular weight excluding hydrogens is 472 g/mol. The molecule has 1 atom stereocenters. The number of ether oxygens (including phenoxy) is 3. The molecule has 37 heavy (non-hydrogen) atoms. The molecule has 1 saturated heterocycles. The largest absolute Gasteiger partial charge is 0.484 e. The summed E-state index contributed by atoms with van der Waals surface area (Å²) in [5.74, 6) is 0.712. The second kappa shape index (κ2) is 10.4. The zero-order valence-electron chi connectivity index (χ0n) is 20.8. The average molecular weight is 501 g/mol. The van der Waals surface area contributed by atoms with Gasteiger partial charge in [0.15, 0.2) is 6.61 Å². The molecule has 1 N–H and O–H groups in total. The predicted molar refractivity (Wildman–Crippen MR) is 137 cm³/mol. The number of nitrogens with zero attached hydrogens (tertiary/aromatic N) is 1. The molecule has 1 fully saturated rings. The normalized spacial score (nSPS) is 16.6. The Morgan fingerprint density at radius 2 is 1.62 bits per heavy atom. The first kappa shape index (κ1) is 24.5. The summed E-state index contributed by atoms with van der Waals surface area (Å²) in [6.45, 7) is 4.78. The smallest absolute Gasteiger partial charge is 0.262 e. The topological polar surface area (TPSA) is 94.2 Å². The minimum Gasteiger partial charge on any atom is -0.484 e. The van der Waals surface area contributed by atoms with Gasteiger partial charge in [-0.25, -0.2) is 0 Å². The molecule has 8 nitrogen and oxygen atoms in total. The number of aryl methyl sites for hydroxylation is 2. The number of hydrogen-bond donors (Lipinski definition) is 1. The fourth-order valence-electron chi connectivity index (χ4n) is 4.60. The van der Waals surface area contributed by atoms with Crippen molar-refractivity contribution in [1.29, 1.82) is 0 Å². The lowest BCUT2D eigenvalue weighted by Gasteiger charge is -2.17. The highest BCUT2D eigenvalue weighted by molar-refractivity contribution is 6.21. The van der Waals surface area contributed by atoms with Gasteiger partial charge in [0.25, 0.3) is 17.7 Å². The minimum absolute atomic E-state index is 0.102. The number of carbonyl (C=O) groups is 3. The molecule has 3 aromatic rings. The molecular formula is C29H28N2O6. The van der Waals surface area contributed by atoms with Crippen molar-refractivity contribution in [2.75, 3.05) is 25.1 Å². The van der Waals surface area contributed by atoms with Crippen LogP contribution in [0, 0.1) is 13.8 Å². The van der Waals surface area contributed by atoms with E-state index < -0.39 is 0 Å². The van der Waals surface area contributed by atoms with E-state index in [4.69, 9.17) is 14.2 Å². The fourth-order valence-corrected chi connectivity index (χ4v) is 4.60. The first-order valence-electron chi connectivity index (χ1n) is 12.3. The van der Waals surface area contributed by atoms with Crippen molar-refractivity contribution in [3.63, 3.8) is 0 Å². The summed E-state index contributed by atoms with van der Waals surface area (Å²) >= 11 is 0. The van der Waals surface area contributed by atoms with Gasteiger partial charge in [0.05, 0.1) is 23.8 Å². The highest BCUT2D eigenvalue weighted by Gasteiger charge is 2.37. The lowest BCUT2D eigenvalue weighted by atomic mass is 10.1. The summed E-state index contributed by atoms with van der Waals surface area (Å²) < 4.78 is 17.1. The molecule has 1 unspecified atom stereocenters. The van der Waals surface area contributed by atoms with Gasteiger partial charge >= 0.3 is 0 Å². The first-order valence-corrected chi connectivity index (χ1v) is 12.3. The van der Waals surface area contributed by atoms with E-state index in [-0.39, 0.29) is 37.0 Å². The van der Waals surface area contributed by atoms with Crippen molar-refractivity contribution in [2.45, 2.75) is 32.8 Å². The number of anilines is 1. The van der Waals surface area contributed by atoms with Crippen LogP contribution in [0.4, 0.5) is 5.69 Å². The Morgan fingerprint density at radius 1 is 0.919 bits per heavy atom. The number of benzene rings is 3. The van der Waals surface area contributed by atoms with Gasteiger partial charge in [-0.1, -0.05) is 6.07 Å². The Morgan fingerprint density at radius 3 is 2.32 bits per heavy atom. The monoisotopic (exact) mass is 500 g/mol. The molecule has 0 aromatic heterocycles. The number of amides is 3. The second-order valence-corrected chi connectivity index (χ2v) is 9.35. The molecule has 0 saturated carbocycles. The van der Waals surface area contributed by atoms with Crippen LogP contribution in [0.5, 0.6) is 17.2 Å². The molecule has 0 spiro atoms. The summed E-state index contributed by atoms with van der Waals surface area (Å²) in [6, 6.07) is 17.5. The van der Waals surface area contributed by atoms with Crippen molar-refractivity contribution in [3.05, 3.63) is 82.9 Å². The average Bonchev–Trinajstić information content (AvgIpc) is 3.46. The van der Waals surface area contributed by atoms with E-state index in [1.54, 1.807) is 42.5 Å². The van der Waals surface area contributed by atoms with Gasteiger partial charge in [-0.05, 0) is 92.4 Å². The molecule has 190 valence electrons.